The molecule has 4 nitrogen and oxygen atoms in total. The van der Waals surface area contributed by atoms with Crippen molar-refractivity contribution < 1.29 is 0 Å². The molecule has 0 aliphatic carbocycles. The van der Waals surface area contributed by atoms with Gasteiger partial charge in [-0.2, -0.15) is 15.4 Å². The van der Waals surface area contributed by atoms with Gasteiger partial charge < -0.3 is 5.32 Å². The number of H-pyrrole nitrogens is 1. The molecule has 0 saturated heterocycles. The van der Waals surface area contributed by atoms with Gasteiger partial charge in [-0.05, 0) is 25.3 Å². The van der Waals surface area contributed by atoms with Crippen LogP contribution >= 0.6 is 0 Å². The lowest BCUT2D eigenvalue weighted by atomic mass is 9.94. The molecule has 2 unspecified atom stereocenters. The standard InChI is InChI=1S/C11H22N4/c1-4-6-9(3)11(12-7-5-2)10-8-13-15-14-10/h8-9,11-12H,4-7H2,1-3H3,(H,13,14,15). The molecule has 1 rings (SSSR count). The lowest BCUT2D eigenvalue weighted by Crippen LogP contribution is -2.28. The Kier molecular flexibility index (Phi) is 5.32. The number of rotatable bonds is 7. The summed E-state index contributed by atoms with van der Waals surface area (Å²) in [6, 6.07) is 0.337. The van der Waals surface area contributed by atoms with Crippen molar-refractivity contribution in [2.45, 2.75) is 46.1 Å². The predicted molar refractivity (Wildman–Crippen MR) is 61.5 cm³/mol. The molecule has 0 aromatic carbocycles. The molecule has 2 N–H and O–H groups in total. The lowest BCUT2D eigenvalue weighted by Gasteiger charge is -2.22. The van der Waals surface area contributed by atoms with Crippen molar-refractivity contribution in [1.29, 1.82) is 0 Å². The van der Waals surface area contributed by atoms with Crippen LogP contribution in [0.1, 0.15) is 51.8 Å². The third kappa shape index (κ3) is 3.63. The first-order chi connectivity index (χ1) is 7.29. The number of nitrogens with one attached hydrogen (secondary N) is 2. The Morgan fingerprint density at radius 2 is 2.20 bits per heavy atom. The van der Waals surface area contributed by atoms with Crippen molar-refractivity contribution in [2.24, 2.45) is 5.92 Å². The summed E-state index contributed by atoms with van der Waals surface area (Å²) in [7, 11) is 0. The molecule has 0 fully saturated rings. The number of aromatic nitrogens is 3. The Morgan fingerprint density at radius 1 is 1.40 bits per heavy atom. The Balaban J connectivity index is 2.60. The zero-order valence-electron chi connectivity index (χ0n) is 9.95. The molecular formula is C11H22N4. The van der Waals surface area contributed by atoms with Crippen molar-refractivity contribution in [3.63, 3.8) is 0 Å². The van der Waals surface area contributed by atoms with E-state index in [0.29, 0.717) is 12.0 Å². The van der Waals surface area contributed by atoms with Crippen LogP contribution in [0.25, 0.3) is 0 Å². The fourth-order valence-corrected chi connectivity index (χ4v) is 1.88. The van der Waals surface area contributed by atoms with Crippen molar-refractivity contribution >= 4 is 0 Å². The molecular weight excluding hydrogens is 188 g/mol. The van der Waals surface area contributed by atoms with Crippen LogP contribution < -0.4 is 5.32 Å². The minimum atomic E-state index is 0.337. The van der Waals surface area contributed by atoms with Gasteiger partial charge in [0.25, 0.3) is 0 Å². The molecule has 0 bridgehead atoms. The molecule has 1 aromatic rings. The van der Waals surface area contributed by atoms with Gasteiger partial charge in [0.15, 0.2) is 0 Å². The first-order valence-electron chi connectivity index (χ1n) is 5.88. The summed E-state index contributed by atoms with van der Waals surface area (Å²) in [6.45, 7) is 7.70. The quantitative estimate of drug-likeness (QED) is 0.726. The summed E-state index contributed by atoms with van der Waals surface area (Å²) in [5.74, 6) is 0.603. The van der Waals surface area contributed by atoms with Crippen molar-refractivity contribution in [3.05, 3.63) is 11.9 Å². The fourth-order valence-electron chi connectivity index (χ4n) is 1.88. The fraction of sp³-hybridized carbons (Fsp3) is 0.818. The zero-order valence-corrected chi connectivity index (χ0v) is 9.95. The van der Waals surface area contributed by atoms with E-state index in [1.54, 1.807) is 0 Å². The predicted octanol–water partition coefficient (Wildman–Crippen LogP) is 2.28. The van der Waals surface area contributed by atoms with Crippen LogP contribution in [0.2, 0.25) is 0 Å². The highest BCUT2D eigenvalue weighted by atomic mass is 15.3. The second kappa shape index (κ2) is 6.56. The molecule has 0 saturated carbocycles. The molecule has 0 aliphatic rings. The molecule has 86 valence electrons. The van der Waals surface area contributed by atoms with E-state index in [2.05, 4.69) is 41.5 Å². The van der Waals surface area contributed by atoms with Crippen LogP contribution in [0.5, 0.6) is 0 Å². The van der Waals surface area contributed by atoms with Crippen LogP contribution in [0, 0.1) is 5.92 Å². The Morgan fingerprint density at radius 3 is 2.73 bits per heavy atom. The van der Waals surface area contributed by atoms with Gasteiger partial charge in [-0.1, -0.05) is 27.2 Å². The molecule has 0 spiro atoms. The molecule has 0 radical (unpaired) electrons. The molecule has 1 heterocycles. The van der Waals surface area contributed by atoms with E-state index < -0.39 is 0 Å². The van der Waals surface area contributed by atoms with E-state index in [1.807, 2.05) is 6.20 Å². The van der Waals surface area contributed by atoms with Gasteiger partial charge >= 0.3 is 0 Å². The molecule has 0 aliphatic heterocycles. The maximum atomic E-state index is 4.17. The van der Waals surface area contributed by atoms with Gasteiger partial charge in [0, 0.05) is 0 Å². The van der Waals surface area contributed by atoms with E-state index in [9.17, 15) is 0 Å². The van der Waals surface area contributed by atoms with Gasteiger partial charge in [-0.15, -0.1) is 0 Å². The largest absolute Gasteiger partial charge is 0.308 e. The Bertz CT molecular complexity index is 245. The Labute approximate surface area is 91.9 Å². The zero-order chi connectivity index (χ0) is 11.1. The van der Waals surface area contributed by atoms with Crippen LogP contribution in [-0.4, -0.2) is 22.0 Å². The lowest BCUT2D eigenvalue weighted by molar-refractivity contribution is 0.356. The van der Waals surface area contributed by atoms with Crippen LogP contribution in [0.3, 0.4) is 0 Å². The topological polar surface area (TPSA) is 53.6 Å². The second-order valence-corrected chi connectivity index (χ2v) is 4.09. The molecule has 4 heteroatoms. The maximum Gasteiger partial charge on any atom is 0.0996 e. The second-order valence-electron chi connectivity index (χ2n) is 4.09. The number of hydrogen-bond acceptors (Lipinski definition) is 3. The van der Waals surface area contributed by atoms with Crippen molar-refractivity contribution in [1.82, 2.24) is 20.7 Å². The van der Waals surface area contributed by atoms with E-state index in [4.69, 9.17) is 0 Å². The van der Waals surface area contributed by atoms with Crippen molar-refractivity contribution in [3.8, 4) is 0 Å². The van der Waals surface area contributed by atoms with Crippen LogP contribution in [-0.2, 0) is 0 Å². The third-order valence-electron chi connectivity index (χ3n) is 2.68. The smallest absolute Gasteiger partial charge is 0.0996 e. The maximum absolute atomic E-state index is 4.17. The van der Waals surface area contributed by atoms with Crippen LogP contribution in [0.15, 0.2) is 6.20 Å². The van der Waals surface area contributed by atoms with Gasteiger partial charge in [0.2, 0.25) is 0 Å². The molecule has 2 atom stereocenters. The summed E-state index contributed by atoms with van der Waals surface area (Å²) in [6.07, 6.45) is 5.39. The van der Waals surface area contributed by atoms with E-state index in [1.165, 1.54) is 12.8 Å². The van der Waals surface area contributed by atoms with Gasteiger partial charge in [0.1, 0.15) is 0 Å². The molecule has 0 amide bonds. The molecule has 1 aromatic heterocycles. The van der Waals surface area contributed by atoms with Crippen molar-refractivity contribution in [2.75, 3.05) is 6.54 Å². The minimum Gasteiger partial charge on any atom is -0.308 e. The SMILES string of the molecule is CCCNC(c1cn[nH]n1)C(C)CCC. The normalized spacial score (nSPS) is 15.1. The highest BCUT2D eigenvalue weighted by Crippen LogP contribution is 2.23. The van der Waals surface area contributed by atoms with Gasteiger partial charge in [-0.25, -0.2) is 0 Å². The molecule has 15 heavy (non-hydrogen) atoms. The summed E-state index contributed by atoms with van der Waals surface area (Å²) >= 11 is 0. The third-order valence-corrected chi connectivity index (χ3v) is 2.68. The summed E-state index contributed by atoms with van der Waals surface area (Å²) < 4.78 is 0. The number of hydrogen-bond donors (Lipinski definition) is 2. The van der Waals surface area contributed by atoms with Gasteiger partial charge in [0.05, 0.1) is 17.9 Å². The Hall–Kier alpha value is -0.900. The first kappa shape index (κ1) is 12.2. The summed E-state index contributed by atoms with van der Waals surface area (Å²) in [4.78, 5) is 0. The highest BCUT2D eigenvalue weighted by molar-refractivity contribution is 5.01. The first-order valence-corrected chi connectivity index (χ1v) is 5.88. The van der Waals surface area contributed by atoms with Gasteiger partial charge in [-0.3, -0.25) is 0 Å². The van der Waals surface area contributed by atoms with E-state index in [0.717, 1.165) is 18.7 Å². The van der Waals surface area contributed by atoms with E-state index in [-0.39, 0.29) is 0 Å². The average molecular weight is 210 g/mol. The van der Waals surface area contributed by atoms with E-state index >= 15 is 0 Å². The number of nitrogens with zero attached hydrogens (tertiary/aromatic N) is 2. The monoisotopic (exact) mass is 210 g/mol. The number of aromatic amines is 1. The summed E-state index contributed by atoms with van der Waals surface area (Å²) in [5.41, 5.74) is 1.03. The highest BCUT2D eigenvalue weighted by Gasteiger charge is 2.19. The summed E-state index contributed by atoms with van der Waals surface area (Å²) in [5, 5.41) is 14.3. The average Bonchev–Trinajstić information content (AvgIpc) is 2.72. The minimum absolute atomic E-state index is 0.337. The van der Waals surface area contributed by atoms with Crippen LogP contribution in [0.4, 0.5) is 0 Å².